The molecule has 2 aromatic rings. The van der Waals surface area contributed by atoms with Crippen LogP contribution in [0.3, 0.4) is 0 Å². The molecular weight excluding hydrogens is 344 g/mol. The van der Waals surface area contributed by atoms with Gasteiger partial charge in [0.1, 0.15) is 17.3 Å². The topological polar surface area (TPSA) is 102 Å². The van der Waals surface area contributed by atoms with Crippen molar-refractivity contribution in [3.63, 3.8) is 0 Å². The molecule has 2 heterocycles. The molecule has 1 unspecified atom stereocenters. The first-order chi connectivity index (χ1) is 12.0. The lowest BCUT2D eigenvalue weighted by Crippen LogP contribution is -2.21. The van der Waals surface area contributed by atoms with Crippen molar-refractivity contribution in [2.24, 2.45) is 0 Å². The number of nitrogens with zero attached hydrogens (tertiary/aromatic N) is 2. The van der Waals surface area contributed by atoms with Crippen LogP contribution in [-0.4, -0.2) is 50.2 Å². The summed E-state index contributed by atoms with van der Waals surface area (Å²) in [7, 11) is 0.218. The van der Waals surface area contributed by atoms with Gasteiger partial charge in [-0.15, -0.1) is 0 Å². The Balaban J connectivity index is 1.76. The Bertz CT molecular complexity index is 857. The monoisotopic (exact) mass is 364 g/mol. The summed E-state index contributed by atoms with van der Waals surface area (Å²) in [4.78, 5) is 8.58. The van der Waals surface area contributed by atoms with Gasteiger partial charge in [-0.1, -0.05) is 0 Å². The molecular formula is C16H20N4O4S. The summed E-state index contributed by atoms with van der Waals surface area (Å²) in [5.74, 6) is 2.59. The maximum absolute atomic E-state index is 11.6. The first-order valence-corrected chi connectivity index (χ1v) is 9.60. The van der Waals surface area contributed by atoms with Crippen LogP contribution in [-0.2, 0) is 9.84 Å². The van der Waals surface area contributed by atoms with Crippen molar-refractivity contribution in [3.8, 4) is 11.5 Å². The molecule has 0 radical (unpaired) electrons. The highest BCUT2D eigenvalue weighted by atomic mass is 32.2. The number of ether oxygens (including phenoxy) is 2. The van der Waals surface area contributed by atoms with E-state index in [2.05, 4.69) is 20.6 Å². The van der Waals surface area contributed by atoms with Gasteiger partial charge in [0.15, 0.2) is 9.84 Å². The van der Waals surface area contributed by atoms with E-state index in [1.54, 1.807) is 44.7 Å². The molecule has 8 nitrogen and oxygen atoms in total. The minimum absolute atomic E-state index is 0.126. The number of hydrogen-bond donors (Lipinski definition) is 2. The largest absolute Gasteiger partial charge is 0.497 e. The molecule has 0 bridgehead atoms. The van der Waals surface area contributed by atoms with Gasteiger partial charge in [-0.05, 0) is 24.6 Å². The zero-order valence-corrected chi connectivity index (χ0v) is 14.8. The fraction of sp³-hybridized carbons (Fsp3) is 0.375. The number of aromatic nitrogens is 2. The average Bonchev–Trinajstić information content (AvgIpc) is 2.93. The Labute approximate surface area is 146 Å². The van der Waals surface area contributed by atoms with Crippen LogP contribution >= 0.6 is 0 Å². The van der Waals surface area contributed by atoms with Gasteiger partial charge in [-0.25, -0.2) is 13.4 Å². The van der Waals surface area contributed by atoms with E-state index in [1.807, 2.05) is 0 Å². The molecule has 1 aliphatic rings. The van der Waals surface area contributed by atoms with Crippen LogP contribution in [0.2, 0.25) is 0 Å². The number of methoxy groups -OCH3 is 2. The molecule has 0 aliphatic carbocycles. The Kier molecular flexibility index (Phi) is 4.93. The van der Waals surface area contributed by atoms with Crippen molar-refractivity contribution >= 4 is 27.3 Å². The third kappa shape index (κ3) is 4.30. The number of benzene rings is 1. The Morgan fingerprint density at radius 2 is 2.04 bits per heavy atom. The SMILES string of the molecule is COc1ccc(OC)c(Nc2nccc(NC3CCS(=O)(=O)C3)n2)c1. The average molecular weight is 364 g/mol. The van der Waals surface area contributed by atoms with Crippen molar-refractivity contribution in [2.75, 3.05) is 36.4 Å². The lowest BCUT2D eigenvalue weighted by molar-refractivity contribution is 0.405. The van der Waals surface area contributed by atoms with Gasteiger partial charge in [0.05, 0.1) is 31.4 Å². The van der Waals surface area contributed by atoms with Gasteiger partial charge >= 0.3 is 0 Å². The van der Waals surface area contributed by atoms with Crippen molar-refractivity contribution < 1.29 is 17.9 Å². The van der Waals surface area contributed by atoms with E-state index in [4.69, 9.17) is 9.47 Å². The van der Waals surface area contributed by atoms with E-state index >= 15 is 0 Å². The first-order valence-electron chi connectivity index (χ1n) is 7.78. The van der Waals surface area contributed by atoms with E-state index in [9.17, 15) is 8.42 Å². The van der Waals surface area contributed by atoms with Gasteiger partial charge in [-0.2, -0.15) is 4.98 Å². The molecule has 1 aromatic carbocycles. The smallest absolute Gasteiger partial charge is 0.229 e. The van der Waals surface area contributed by atoms with Crippen LogP contribution in [0, 0.1) is 0 Å². The van der Waals surface area contributed by atoms with Crippen LogP contribution in [0.4, 0.5) is 17.5 Å². The fourth-order valence-corrected chi connectivity index (χ4v) is 4.32. The maximum Gasteiger partial charge on any atom is 0.229 e. The summed E-state index contributed by atoms with van der Waals surface area (Å²) in [6, 6.07) is 6.94. The standard InChI is InChI=1S/C16H20N4O4S/c1-23-12-3-4-14(24-2)13(9-12)19-16-17-7-5-15(20-16)18-11-6-8-25(21,22)10-11/h3-5,7,9,11H,6,8,10H2,1-2H3,(H2,17,18,19,20). The van der Waals surface area contributed by atoms with Crippen LogP contribution in [0.25, 0.3) is 0 Å². The van der Waals surface area contributed by atoms with E-state index in [1.165, 1.54) is 0 Å². The normalized spacial score (nSPS) is 18.6. The molecule has 0 saturated carbocycles. The molecule has 0 spiro atoms. The van der Waals surface area contributed by atoms with E-state index in [-0.39, 0.29) is 17.5 Å². The zero-order valence-electron chi connectivity index (χ0n) is 14.0. The maximum atomic E-state index is 11.6. The highest BCUT2D eigenvalue weighted by Gasteiger charge is 2.27. The van der Waals surface area contributed by atoms with Gasteiger partial charge < -0.3 is 20.1 Å². The summed E-state index contributed by atoms with van der Waals surface area (Å²) in [5.41, 5.74) is 0.669. The number of hydrogen-bond acceptors (Lipinski definition) is 8. The molecule has 1 atom stereocenters. The highest BCUT2D eigenvalue weighted by Crippen LogP contribution is 2.30. The third-order valence-corrected chi connectivity index (χ3v) is 5.66. The van der Waals surface area contributed by atoms with Crippen LogP contribution in [0.1, 0.15) is 6.42 Å². The third-order valence-electron chi connectivity index (χ3n) is 3.89. The number of sulfone groups is 1. The fourth-order valence-electron chi connectivity index (χ4n) is 2.65. The summed E-state index contributed by atoms with van der Waals surface area (Å²) < 4.78 is 33.7. The van der Waals surface area contributed by atoms with Crippen molar-refractivity contribution in [3.05, 3.63) is 30.5 Å². The van der Waals surface area contributed by atoms with E-state index in [0.29, 0.717) is 35.4 Å². The van der Waals surface area contributed by atoms with E-state index < -0.39 is 9.84 Å². The number of nitrogens with one attached hydrogen (secondary N) is 2. The van der Waals surface area contributed by atoms with Crippen molar-refractivity contribution in [2.45, 2.75) is 12.5 Å². The molecule has 134 valence electrons. The Morgan fingerprint density at radius 3 is 2.72 bits per heavy atom. The van der Waals surface area contributed by atoms with Gasteiger partial charge in [0.25, 0.3) is 0 Å². The van der Waals surface area contributed by atoms with Crippen LogP contribution in [0.5, 0.6) is 11.5 Å². The summed E-state index contributed by atoms with van der Waals surface area (Å²) in [6.45, 7) is 0. The predicted octanol–water partition coefficient (Wildman–Crippen LogP) is 1.84. The minimum atomic E-state index is -2.94. The van der Waals surface area contributed by atoms with Gasteiger partial charge in [0, 0.05) is 18.3 Å². The lowest BCUT2D eigenvalue weighted by Gasteiger charge is -2.14. The molecule has 25 heavy (non-hydrogen) atoms. The molecule has 1 fully saturated rings. The number of rotatable bonds is 6. The molecule has 1 aliphatic heterocycles. The minimum Gasteiger partial charge on any atom is -0.497 e. The summed E-state index contributed by atoms with van der Waals surface area (Å²) >= 11 is 0. The summed E-state index contributed by atoms with van der Waals surface area (Å²) in [6.07, 6.45) is 2.19. The zero-order chi connectivity index (χ0) is 17.9. The van der Waals surface area contributed by atoms with Crippen molar-refractivity contribution in [1.82, 2.24) is 9.97 Å². The molecule has 0 amide bonds. The Morgan fingerprint density at radius 1 is 1.20 bits per heavy atom. The van der Waals surface area contributed by atoms with Crippen LogP contribution < -0.4 is 20.1 Å². The lowest BCUT2D eigenvalue weighted by atomic mass is 10.2. The second kappa shape index (κ2) is 7.14. The quantitative estimate of drug-likeness (QED) is 0.800. The second-order valence-corrected chi connectivity index (χ2v) is 7.93. The molecule has 2 N–H and O–H groups in total. The summed E-state index contributed by atoms with van der Waals surface area (Å²) in [5, 5.41) is 6.24. The predicted molar refractivity (Wildman–Crippen MR) is 95.5 cm³/mol. The Hall–Kier alpha value is -2.55. The second-order valence-electron chi connectivity index (χ2n) is 5.70. The van der Waals surface area contributed by atoms with Crippen LogP contribution in [0.15, 0.2) is 30.5 Å². The molecule has 1 aromatic heterocycles. The highest BCUT2D eigenvalue weighted by molar-refractivity contribution is 7.91. The van der Waals surface area contributed by atoms with Crippen molar-refractivity contribution in [1.29, 1.82) is 0 Å². The molecule has 9 heteroatoms. The van der Waals surface area contributed by atoms with Gasteiger partial charge in [-0.3, -0.25) is 0 Å². The van der Waals surface area contributed by atoms with E-state index in [0.717, 1.165) is 0 Å². The molecule has 3 rings (SSSR count). The van der Waals surface area contributed by atoms with Gasteiger partial charge in [0.2, 0.25) is 5.95 Å². The molecule has 1 saturated heterocycles. The number of anilines is 3. The first kappa shape index (κ1) is 17.3.